The average molecular weight is 778 g/mol. The van der Waals surface area contributed by atoms with Gasteiger partial charge in [0.2, 0.25) is 0 Å². The standard InChI is InChI=1S/C17H17.C15H8F6.C12H19.Zr/c1-10-5-14-9-15-6-11(2)13(4)8-17(15)16(14)7-12(10)3;16-14(17,18)12-5-1-10(2-6-12)9-11-3-7-13(8-4-11)15(19,20)21;1-9(2)10-6-7-11(8-10)12(3,4)5;/h5-9H,1-4H3;1-8H;7-10H,1-5H3;. The molecule has 6 rings (SSSR count). The van der Waals surface area contributed by atoms with Gasteiger partial charge < -0.3 is 0 Å². The molecule has 51 heavy (non-hydrogen) atoms. The number of allylic oxidation sites excluding steroid dienone is 4. The number of benzene rings is 4. The summed E-state index contributed by atoms with van der Waals surface area (Å²) < 4.78 is 85.6. The molecule has 0 aromatic heterocycles. The molecule has 4 aromatic rings. The fourth-order valence-electron chi connectivity index (χ4n) is 7.55. The van der Waals surface area contributed by atoms with Crippen LogP contribution in [0.4, 0.5) is 26.3 Å². The van der Waals surface area contributed by atoms with Crippen molar-refractivity contribution in [1.29, 1.82) is 0 Å². The van der Waals surface area contributed by atoms with Crippen molar-refractivity contribution in [2.24, 2.45) is 17.3 Å². The summed E-state index contributed by atoms with van der Waals surface area (Å²) in [7, 11) is 0. The molecule has 0 nitrogen and oxygen atoms in total. The van der Waals surface area contributed by atoms with Crippen LogP contribution in [0.1, 0.15) is 93.9 Å². The fourth-order valence-corrected chi connectivity index (χ4v) is 17.5. The first-order valence-corrected chi connectivity index (χ1v) is 21.3. The molecule has 2 aliphatic rings. The first-order chi connectivity index (χ1) is 23.7. The zero-order chi connectivity index (χ0) is 37.4. The van der Waals surface area contributed by atoms with E-state index < -0.39 is 44.7 Å². The van der Waals surface area contributed by atoms with Crippen molar-refractivity contribution in [2.75, 3.05) is 0 Å². The van der Waals surface area contributed by atoms with Crippen LogP contribution in [0.25, 0.3) is 11.1 Å². The fraction of sp³-hybridized carbons (Fsp3) is 0.341. The van der Waals surface area contributed by atoms with E-state index in [4.69, 9.17) is 0 Å². The first kappa shape index (κ1) is 37.5. The molecule has 4 aromatic carbocycles. The van der Waals surface area contributed by atoms with E-state index in [9.17, 15) is 26.3 Å². The van der Waals surface area contributed by atoms with Crippen molar-refractivity contribution >= 4 is 3.21 Å². The van der Waals surface area contributed by atoms with Crippen LogP contribution in [-0.4, -0.2) is 3.21 Å². The molecule has 0 heterocycles. The molecular formula is C44H44F6Zr. The van der Waals surface area contributed by atoms with Crippen molar-refractivity contribution in [2.45, 2.75) is 78.3 Å². The van der Waals surface area contributed by atoms with Gasteiger partial charge in [0.25, 0.3) is 0 Å². The van der Waals surface area contributed by atoms with Crippen molar-refractivity contribution < 1.29 is 47.6 Å². The number of fused-ring (bicyclic) bond motifs is 3. The monoisotopic (exact) mass is 776 g/mol. The summed E-state index contributed by atoms with van der Waals surface area (Å²) in [6, 6.07) is 19.7. The topological polar surface area (TPSA) is 0 Å². The molecule has 1 atom stereocenters. The van der Waals surface area contributed by atoms with Gasteiger partial charge in [0.15, 0.2) is 0 Å². The predicted molar refractivity (Wildman–Crippen MR) is 193 cm³/mol. The molecule has 0 spiro atoms. The molecule has 2 aliphatic carbocycles. The van der Waals surface area contributed by atoms with Crippen LogP contribution < -0.4 is 0 Å². The van der Waals surface area contributed by atoms with E-state index >= 15 is 0 Å². The number of rotatable bonds is 5. The molecule has 0 saturated heterocycles. The molecule has 7 heteroatoms. The van der Waals surface area contributed by atoms with E-state index in [1.807, 2.05) is 0 Å². The van der Waals surface area contributed by atoms with Crippen molar-refractivity contribution in [3.05, 3.63) is 149 Å². The van der Waals surface area contributed by atoms with Gasteiger partial charge in [-0.1, -0.05) is 0 Å². The van der Waals surface area contributed by atoms with Gasteiger partial charge in [-0.05, 0) is 0 Å². The Morgan fingerprint density at radius 3 is 1.35 bits per heavy atom. The summed E-state index contributed by atoms with van der Waals surface area (Å²) in [5.41, 5.74) is 10.2. The van der Waals surface area contributed by atoms with Crippen LogP contribution in [-0.2, 0) is 33.6 Å². The van der Waals surface area contributed by atoms with E-state index in [-0.39, 0.29) is 20.9 Å². The van der Waals surface area contributed by atoms with Crippen LogP contribution in [0.15, 0.2) is 93.8 Å². The Morgan fingerprint density at radius 2 is 1.00 bits per heavy atom. The van der Waals surface area contributed by atoms with Gasteiger partial charge in [0.1, 0.15) is 0 Å². The first-order valence-electron chi connectivity index (χ1n) is 17.4. The summed E-state index contributed by atoms with van der Waals surface area (Å²) in [5.74, 6) is 0.311. The summed E-state index contributed by atoms with van der Waals surface area (Å²) in [6.45, 7) is 19.4. The van der Waals surface area contributed by atoms with Crippen LogP contribution in [0.2, 0.25) is 0 Å². The van der Waals surface area contributed by atoms with Gasteiger partial charge in [-0.2, -0.15) is 0 Å². The van der Waals surface area contributed by atoms with E-state index in [0.29, 0.717) is 11.1 Å². The number of aryl methyl sites for hydroxylation is 4. The number of hydrogen-bond donors (Lipinski definition) is 0. The van der Waals surface area contributed by atoms with Crippen molar-refractivity contribution in [1.82, 2.24) is 0 Å². The third-order valence-electron chi connectivity index (χ3n) is 10.7. The predicted octanol–water partition coefficient (Wildman–Crippen LogP) is 13.1. The number of alkyl halides is 6. The van der Waals surface area contributed by atoms with Gasteiger partial charge in [-0.25, -0.2) is 0 Å². The Kier molecular flexibility index (Phi) is 9.75. The summed E-state index contributed by atoms with van der Waals surface area (Å²) in [4.78, 5) is 0. The normalized spacial score (nSPS) is 16.3. The molecule has 0 amide bonds. The molecule has 0 radical (unpaired) electrons. The van der Waals surface area contributed by atoms with E-state index in [2.05, 4.69) is 98.7 Å². The Hall–Kier alpha value is -3.31. The van der Waals surface area contributed by atoms with E-state index in [1.54, 1.807) is 0 Å². The summed E-state index contributed by atoms with van der Waals surface area (Å²) in [6.07, 6.45) is -4.32. The minimum absolute atomic E-state index is 0.0594. The Bertz CT molecular complexity index is 1980. The van der Waals surface area contributed by atoms with E-state index in [1.165, 1.54) is 66.5 Å². The number of halogens is 6. The Balaban J connectivity index is 1.80. The zero-order valence-electron chi connectivity index (χ0n) is 30.6. The molecule has 266 valence electrons. The second-order valence-electron chi connectivity index (χ2n) is 15.7. The summed E-state index contributed by atoms with van der Waals surface area (Å²) >= 11 is -3.55. The Labute approximate surface area is 305 Å². The number of hydrogen-bond acceptors (Lipinski definition) is 0. The molecule has 0 aliphatic heterocycles. The van der Waals surface area contributed by atoms with Gasteiger partial charge in [0, 0.05) is 0 Å². The molecule has 0 N–H and O–H groups in total. The van der Waals surface area contributed by atoms with Gasteiger partial charge in [0.05, 0.1) is 0 Å². The average Bonchev–Trinajstić information content (AvgIpc) is 3.60. The maximum absolute atomic E-state index is 13.9. The van der Waals surface area contributed by atoms with Gasteiger partial charge in [-0.15, -0.1) is 0 Å². The van der Waals surface area contributed by atoms with Crippen molar-refractivity contribution in [3.8, 4) is 11.1 Å². The molecule has 0 bridgehead atoms. The molecule has 1 unspecified atom stereocenters. The van der Waals surface area contributed by atoms with Crippen molar-refractivity contribution in [3.63, 3.8) is 0 Å². The summed E-state index contributed by atoms with van der Waals surface area (Å²) in [5, 5.41) is 0. The van der Waals surface area contributed by atoms with Gasteiger partial charge >= 0.3 is 307 Å². The Morgan fingerprint density at radius 1 is 0.608 bits per heavy atom. The van der Waals surface area contributed by atoms with Gasteiger partial charge in [-0.3, -0.25) is 0 Å². The third kappa shape index (κ3) is 7.09. The quantitative estimate of drug-likeness (QED) is 0.177. The van der Waals surface area contributed by atoms with Crippen LogP contribution in [0.5, 0.6) is 0 Å². The molecular weight excluding hydrogens is 734 g/mol. The van der Waals surface area contributed by atoms with Crippen LogP contribution in [0.3, 0.4) is 0 Å². The second-order valence-corrected chi connectivity index (χ2v) is 21.8. The third-order valence-corrected chi connectivity index (χ3v) is 19.1. The molecule has 0 saturated carbocycles. The second kappa shape index (κ2) is 13.3. The van der Waals surface area contributed by atoms with E-state index in [0.717, 1.165) is 38.6 Å². The maximum atomic E-state index is 13.9. The zero-order valence-corrected chi connectivity index (χ0v) is 33.0. The minimum atomic E-state index is -4.52. The van der Waals surface area contributed by atoms with Crippen LogP contribution in [0, 0.1) is 44.9 Å². The molecule has 0 fully saturated rings. The SMILES string of the molecule is Cc1cc2c(cc1C)[CH]([Zr]([C]1=CC(C(C)(C)C)=CC1C(C)C)=[C](c1ccc(C(F)(F)F)cc1)c1ccc(C(F)(F)F)cc1)c1cc(C)c(C)cc1-2. The van der Waals surface area contributed by atoms with Crippen LogP contribution >= 0.6 is 0 Å².